The Morgan fingerprint density at radius 1 is 1.19 bits per heavy atom. The highest BCUT2D eigenvalue weighted by atomic mass is 35.5. The second-order valence-electron chi connectivity index (χ2n) is 5.88. The van der Waals surface area contributed by atoms with Gasteiger partial charge < -0.3 is 4.84 Å². The Hall–Kier alpha value is -2.95. The molecule has 3 aromatic rings. The molecule has 0 saturated carbocycles. The monoisotopic (exact) mass is 401 g/mol. The van der Waals surface area contributed by atoms with Gasteiger partial charge in [0.15, 0.2) is 0 Å². The van der Waals surface area contributed by atoms with Crippen LogP contribution in [-0.4, -0.2) is 20.5 Å². The molecule has 0 fully saturated rings. The van der Waals surface area contributed by atoms with Gasteiger partial charge in [0.05, 0.1) is 23.4 Å². The van der Waals surface area contributed by atoms with E-state index in [0.717, 1.165) is 0 Å². The zero-order chi connectivity index (χ0) is 19.0. The molecule has 0 aliphatic carbocycles. The summed E-state index contributed by atoms with van der Waals surface area (Å²) in [6.07, 6.45) is 2.72. The number of aromatic nitrogens is 3. The van der Waals surface area contributed by atoms with Gasteiger partial charge in [-0.3, -0.25) is 0 Å². The molecule has 1 aromatic heterocycles. The Morgan fingerprint density at radius 3 is 2.63 bits per heavy atom. The summed E-state index contributed by atoms with van der Waals surface area (Å²) in [7, 11) is 0. The van der Waals surface area contributed by atoms with Crippen molar-refractivity contribution in [2.45, 2.75) is 12.3 Å². The number of oxime groups is 1. The number of hydrogen-bond donors (Lipinski definition) is 0. The Bertz CT molecular complexity index is 1070. The predicted octanol–water partition coefficient (Wildman–Crippen LogP) is 4.39. The minimum absolute atomic E-state index is 0.142. The maximum atomic E-state index is 15.3. The summed E-state index contributed by atoms with van der Waals surface area (Å²) in [5.74, 6) is -2.18. The first kappa shape index (κ1) is 17.5. The summed E-state index contributed by atoms with van der Waals surface area (Å²) in [4.78, 5) is 8.94. The highest BCUT2D eigenvalue weighted by Crippen LogP contribution is 2.40. The summed E-state index contributed by atoms with van der Waals surface area (Å²) in [5, 5.41) is 17.9. The van der Waals surface area contributed by atoms with E-state index in [-0.39, 0.29) is 12.0 Å². The Labute approximate surface area is 163 Å². The molecule has 0 N–H and O–H groups in total. The summed E-state index contributed by atoms with van der Waals surface area (Å²) >= 11 is 11.9. The van der Waals surface area contributed by atoms with Crippen LogP contribution in [0.4, 0.5) is 4.39 Å². The largest absolute Gasteiger partial charge is 0.350 e. The molecule has 4 rings (SSSR count). The quantitative estimate of drug-likeness (QED) is 0.651. The van der Waals surface area contributed by atoms with Gasteiger partial charge in [-0.05, 0) is 30.3 Å². The normalized spacial score (nSPS) is 18.7. The van der Waals surface area contributed by atoms with E-state index in [1.165, 1.54) is 35.5 Å². The SMILES string of the molecule is N#Cc1cc(C2=NOC(F)(c3cc(Cl)cc(Cl)c3)C2)ccc1-n1cncn1. The molecular formula is C18H10Cl2FN5O. The zero-order valence-electron chi connectivity index (χ0n) is 13.6. The second kappa shape index (κ2) is 6.65. The number of alkyl halides is 1. The molecule has 1 aliphatic rings. The van der Waals surface area contributed by atoms with E-state index < -0.39 is 5.85 Å². The van der Waals surface area contributed by atoms with Crippen LogP contribution in [0.5, 0.6) is 0 Å². The van der Waals surface area contributed by atoms with Crippen LogP contribution in [0.25, 0.3) is 5.69 Å². The lowest BCUT2D eigenvalue weighted by molar-refractivity contribution is -0.130. The highest BCUT2D eigenvalue weighted by molar-refractivity contribution is 6.34. The van der Waals surface area contributed by atoms with Gasteiger partial charge in [-0.15, -0.1) is 0 Å². The lowest BCUT2D eigenvalue weighted by Crippen LogP contribution is -2.20. The molecule has 2 heterocycles. The van der Waals surface area contributed by atoms with Crippen molar-refractivity contribution in [2.24, 2.45) is 5.16 Å². The third kappa shape index (κ3) is 3.25. The van der Waals surface area contributed by atoms with Gasteiger partial charge in [0, 0.05) is 21.2 Å². The number of rotatable bonds is 3. The van der Waals surface area contributed by atoms with Crippen LogP contribution >= 0.6 is 23.2 Å². The van der Waals surface area contributed by atoms with Crippen LogP contribution in [0.15, 0.2) is 54.2 Å². The predicted molar refractivity (Wildman–Crippen MR) is 97.6 cm³/mol. The van der Waals surface area contributed by atoms with Crippen LogP contribution in [0.3, 0.4) is 0 Å². The van der Waals surface area contributed by atoms with Gasteiger partial charge in [0.2, 0.25) is 0 Å². The average Bonchev–Trinajstić information content (AvgIpc) is 3.31. The Kier molecular flexibility index (Phi) is 4.30. The van der Waals surface area contributed by atoms with Crippen molar-refractivity contribution in [1.82, 2.24) is 14.8 Å². The molecule has 2 aromatic carbocycles. The Balaban J connectivity index is 1.65. The third-order valence-corrected chi connectivity index (χ3v) is 4.54. The van der Waals surface area contributed by atoms with Crippen molar-refractivity contribution < 1.29 is 9.23 Å². The molecule has 1 unspecified atom stereocenters. The van der Waals surface area contributed by atoms with Crippen molar-refractivity contribution in [3.05, 3.63) is 75.8 Å². The van der Waals surface area contributed by atoms with Gasteiger partial charge in [-0.25, -0.2) is 9.67 Å². The molecular weight excluding hydrogens is 392 g/mol. The van der Waals surface area contributed by atoms with Crippen LogP contribution < -0.4 is 0 Å². The van der Waals surface area contributed by atoms with Crippen molar-refractivity contribution in [1.29, 1.82) is 5.26 Å². The molecule has 1 atom stereocenters. The van der Waals surface area contributed by atoms with E-state index in [1.807, 2.05) is 0 Å². The smallest absolute Gasteiger partial charge is 0.304 e. The molecule has 134 valence electrons. The maximum absolute atomic E-state index is 15.3. The van der Waals surface area contributed by atoms with Crippen LogP contribution in [0.1, 0.15) is 23.1 Å². The van der Waals surface area contributed by atoms with E-state index in [2.05, 4.69) is 21.3 Å². The van der Waals surface area contributed by atoms with Crippen LogP contribution in [0.2, 0.25) is 10.0 Å². The van der Waals surface area contributed by atoms with E-state index in [1.54, 1.807) is 18.2 Å². The molecule has 9 heteroatoms. The minimum atomic E-state index is -2.18. The van der Waals surface area contributed by atoms with E-state index >= 15 is 4.39 Å². The van der Waals surface area contributed by atoms with Gasteiger partial charge in [-0.1, -0.05) is 34.4 Å². The van der Waals surface area contributed by atoms with E-state index in [0.29, 0.717) is 32.6 Å². The van der Waals surface area contributed by atoms with Crippen molar-refractivity contribution in [3.8, 4) is 11.8 Å². The maximum Gasteiger partial charge on any atom is 0.304 e. The standard InChI is InChI=1S/C18H10Cl2FN5O/c19-14-4-13(5-15(20)6-14)18(21)7-16(25-27-18)11-1-2-17(12(3-11)8-22)26-10-23-9-24-26/h1-6,9-10H,7H2. The number of nitrogens with zero attached hydrogens (tertiary/aromatic N) is 5. The molecule has 0 spiro atoms. The fourth-order valence-electron chi connectivity index (χ4n) is 2.82. The highest BCUT2D eigenvalue weighted by Gasteiger charge is 2.42. The zero-order valence-corrected chi connectivity index (χ0v) is 15.1. The molecule has 6 nitrogen and oxygen atoms in total. The topological polar surface area (TPSA) is 76.1 Å². The third-order valence-electron chi connectivity index (χ3n) is 4.10. The van der Waals surface area contributed by atoms with Crippen molar-refractivity contribution in [3.63, 3.8) is 0 Å². The van der Waals surface area contributed by atoms with E-state index in [4.69, 9.17) is 28.0 Å². The Morgan fingerprint density at radius 2 is 1.96 bits per heavy atom. The first-order valence-electron chi connectivity index (χ1n) is 7.78. The molecule has 0 bridgehead atoms. The summed E-state index contributed by atoms with van der Waals surface area (Å²) in [6, 6.07) is 11.5. The van der Waals surface area contributed by atoms with Gasteiger partial charge >= 0.3 is 5.85 Å². The summed E-state index contributed by atoms with van der Waals surface area (Å²) < 4.78 is 16.8. The molecule has 0 radical (unpaired) electrons. The average molecular weight is 402 g/mol. The number of halogens is 3. The summed E-state index contributed by atoms with van der Waals surface area (Å²) in [6.45, 7) is 0. The molecule has 27 heavy (non-hydrogen) atoms. The van der Waals surface area contributed by atoms with Gasteiger partial charge in [0.25, 0.3) is 0 Å². The molecule has 1 aliphatic heterocycles. The van der Waals surface area contributed by atoms with E-state index in [9.17, 15) is 5.26 Å². The van der Waals surface area contributed by atoms with Gasteiger partial charge in [0.1, 0.15) is 18.7 Å². The number of benzene rings is 2. The first-order chi connectivity index (χ1) is 13.0. The summed E-state index contributed by atoms with van der Waals surface area (Å²) in [5.41, 5.74) is 2.03. The minimum Gasteiger partial charge on any atom is -0.350 e. The first-order valence-corrected chi connectivity index (χ1v) is 8.54. The van der Waals surface area contributed by atoms with Crippen LogP contribution in [0, 0.1) is 11.3 Å². The fourth-order valence-corrected chi connectivity index (χ4v) is 3.35. The molecule has 0 saturated heterocycles. The number of nitriles is 1. The number of hydrogen-bond acceptors (Lipinski definition) is 5. The fraction of sp³-hybridized carbons (Fsp3) is 0.111. The van der Waals surface area contributed by atoms with Crippen molar-refractivity contribution >= 4 is 28.9 Å². The molecule has 0 amide bonds. The van der Waals surface area contributed by atoms with Crippen molar-refractivity contribution in [2.75, 3.05) is 0 Å². The van der Waals surface area contributed by atoms with Crippen LogP contribution in [-0.2, 0) is 10.7 Å². The lowest BCUT2D eigenvalue weighted by atomic mass is 9.97. The second-order valence-corrected chi connectivity index (χ2v) is 6.75. The lowest BCUT2D eigenvalue weighted by Gasteiger charge is -2.18. The van der Waals surface area contributed by atoms with Gasteiger partial charge in [-0.2, -0.15) is 14.8 Å².